The molecule has 9 heteroatoms. The number of aromatic nitrogens is 2. The molecule has 35 heavy (non-hydrogen) atoms. The number of hydrogen-bond acceptors (Lipinski definition) is 4. The highest BCUT2D eigenvalue weighted by molar-refractivity contribution is 5.82. The van der Waals surface area contributed by atoms with Gasteiger partial charge in [-0.05, 0) is 62.4 Å². The summed E-state index contributed by atoms with van der Waals surface area (Å²) >= 11 is 0. The highest BCUT2D eigenvalue weighted by atomic mass is 19.4. The van der Waals surface area contributed by atoms with E-state index in [1.165, 1.54) is 12.1 Å². The van der Waals surface area contributed by atoms with Crippen LogP contribution in [0, 0.1) is 19.7 Å². The van der Waals surface area contributed by atoms with Crippen LogP contribution in [0.5, 0.6) is 5.75 Å². The highest BCUT2D eigenvalue weighted by Crippen LogP contribution is 2.29. The maximum Gasteiger partial charge on any atom is 0.417 e. The van der Waals surface area contributed by atoms with Gasteiger partial charge in [0.15, 0.2) is 0 Å². The van der Waals surface area contributed by atoms with Crippen molar-refractivity contribution < 1.29 is 22.3 Å². The molecule has 180 valence electrons. The van der Waals surface area contributed by atoms with Gasteiger partial charge in [0.05, 0.1) is 11.8 Å². The smallest absolute Gasteiger partial charge is 0.417 e. The van der Waals surface area contributed by atoms with Gasteiger partial charge in [-0.25, -0.2) is 9.37 Å². The number of rotatable bonds is 7. The second-order valence-electron chi connectivity index (χ2n) is 7.84. The number of aryl methyl sites for hydroxylation is 1. The molecular weight excluding hydrogens is 460 g/mol. The molecule has 0 aliphatic carbocycles. The first-order chi connectivity index (χ1) is 16.7. The third-order valence-electron chi connectivity index (χ3n) is 5.39. The Labute approximate surface area is 199 Å². The van der Waals surface area contributed by atoms with Crippen LogP contribution in [0.2, 0.25) is 0 Å². The molecular formula is C26H22F4N4O. The van der Waals surface area contributed by atoms with Gasteiger partial charge in [0, 0.05) is 34.4 Å². The van der Waals surface area contributed by atoms with Gasteiger partial charge in [-0.3, -0.25) is 5.43 Å². The number of anilines is 1. The molecule has 2 heterocycles. The fourth-order valence-corrected chi connectivity index (χ4v) is 3.58. The summed E-state index contributed by atoms with van der Waals surface area (Å²) < 4.78 is 59.5. The molecule has 5 nitrogen and oxygen atoms in total. The van der Waals surface area contributed by atoms with E-state index in [9.17, 15) is 17.6 Å². The van der Waals surface area contributed by atoms with E-state index < -0.39 is 11.7 Å². The summed E-state index contributed by atoms with van der Waals surface area (Å²) in [5.41, 5.74) is 5.95. The minimum absolute atomic E-state index is 0.134. The van der Waals surface area contributed by atoms with Crippen molar-refractivity contribution in [3.8, 4) is 11.4 Å². The topological polar surface area (TPSA) is 51.4 Å². The fourth-order valence-electron chi connectivity index (χ4n) is 3.58. The Morgan fingerprint density at radius 2 is 1.77 bits per heavy atom. The first kappa shape index (κ1) is 24.0. The Kier molecular flexibility index (Phi) is 6.86. The average molecular weight is 482 g/mol. The lowest BCUT2D eigenvalue weighted by Crippen LogP contribution is -2.05. The molecule has 2 aromatic heterocycles. The molecule has 0 unspecified atom stereocenters. The number of pyridine rings is 1. The van der Waals surface area contributed by atoms with Crippen LogP contribution in [0.4, 0.5) is 23.4 Å². The third-order valence-corrected chi connectivity index (χ3v) is 5.39. The van der Waals surface area contributed by atoms with E-state index in [1.807, 2.05) is 48.7 Å². The monoisotopic (exact) mass is 482 g/mol. The van der Waals surface area contributed by atoms with Gasteiger partial charge in [0.25, 0.3) is 0 Å². The van der Waals surface area contributed by atoms with Gasteiger partial charge in [0.1, 0.15) is 24.0 Å². The summed E-state index contributed by atoms with van der Waals surface area (Å²) in [6, 6.07) is 18.0. The predicted molar refractivity (Wildman–Crippen MR) is 126 cm³/mol. The maximum absolute atomic E-state index is 13.8. The summed E-state index contributed by atoms with van der Waals surface area (Å²) in [4.78, 5) is 3.73. The Morgan fingerprint density at radius 1 is 1.03 bits per heavy atom. The molecule has 0 saturated heterocycles. The van der Waals surface area contributed by atoms with Crippen molar-refractivity contribution in [2.75, 3.05) is 5.43 Å². The lowest BCUT2D eigenvalue weighted by Gasteiger charge is -2.12. The van der Waals surface area contributed by atoms with Crippen LogP contribution in [-0.2, 0) is 12.8 Å². The van der Waals surface area contributed by atoms with Crippen LogP contribution < -0.4 is 10.2 Å². The van der Waals surface area contributed by atoms with Crippen LogP contribution in [0.1, 0.15) is 28.1 Å². The van der Waals surface area contributed by atoms with Gasteiger partial charge < -0.3 is 9.30 Å². The largest absolute Gasteiger partial charge is 0.489 e. The number of hydrogen-bond donors (Lipinski definition) is 1. The summed E-state index contributed by atoms with van der Waals surface area (Å²) in [7, 11) is 0. The second-order valence-corrected chi connectivity index (χ2v) is 7.84. The zero-order valence-corrected chi connectivity index (χ0v) is 19.0. The quantitative estimate of drug-likeness (QED) is 0.182. The number of ether oxygens (including phenoxy) is 1. The van der Waals surface area contributed by atoms with Crippen LogP contribution in [0.25, 0.3) is 5.69 Å². The first-order valence-corrected chi connectivity index (χ1v) is 10.7. The summed E-state index contributed by atoms with van der Waals surface area (Å²) in [5, 5.41) is 4.10. The van der Waals surface area contributed by atoms with Crippen molar-refractivity contribution in [3.05, 3.63) is 107 Å². The van der Waals surface area contributed by atoms with Gasteiger partial charge in [-0.1, -0.05) is 18.2 Å². The maximum atomic E-state index is 13.8. The molecule has 0 amide bonds. The van der Waals surface area contributed by atoms with Crippen LogP contribution in [0.3, 0.4) is 0 Å². The standard InChI is InChI=1S/C26H22F4N4O/c1-17-13-20(14-32-33-25-12-7-21(15-31-25)26(28,29)30)18(2)34(17)22-8-10-23(11-9-22)35-16-19-5-3-4-6-24(19)27/h3-15H,16H2,1-2H3,(H,31,33)/b32-14-. The van der Waals surface area contributed by atoms with Crippen LogP contribution in [0.15, 0.2) is 78.0 Å². The van der Waals surface area contributed by atoms with Crippen molar-refractivity contribution in [2.24, 2.45) is 5.10 Å². The molecule has 0 bridgehead atoms. The van der Waals surface area contributed by atoms with E-state index in [2.05, 4.69) is 15.5 Å². The third kappa shape index (κ3) is 5.68. The number of alkyl halides is 3. The lowest BCUT2D eigenvalue weighted by atomic mass is 10.2. The molecule has 0 aliphatic rings. The summed E-state index contributed by atoms with van der Waals surface area (Å²) in [5.74, 6) is 0.518. The lowest BCUT2D eigenvalue weighted by molar-refractivity contribution is -0.137. The number of nitrogens with one attached hydrogen (secondary N) is 1. The normalized spacial score (nSPS) is 11.7. The zero-order valence-electron chi connectivity index (χ0n) is 19.0. The molecule has 0 aliphatic heterocycles. The Bertz CT molecular complexity index is 1330. The average Bonchev–Trinajstić information content (AvgIpc) is 3.11. The van der Waals surface area contributed by atoms with Gasteiger partial charge >= 0.3 is 6.18 Å². The van der Waals surface area contributed by atoms with Gasteiger partial charge in [-0.15, -0.1) is 0 Å². The van der Waals surface area contributed by atoms with Gasteiger partial charge in [-0.2, -0.15) is 18.3 Å². The number of halogens is 4. The van der Waals surface area contributed by atoms with E-state index in [4.69, 9.17) is 4.74 Å². The van der Waals surface area contributed by atoms with Gasteiger partial charge in [0.2, 0.25) is 0 Å². The predicted octanol–water partition coefficient (Wildman–Crippen LogP) is 6.67. The van der Waals surface area contributed by atoms with Crippen molar-refractivity contribution in [1.82, 2.24) is 9.55 Å². The van der Waals surface area contributed by atoms with Crippen molar-refractivity contribution in [2.45, 2.75) is 26.6 Å². The molecule has 0 radical (unpaired) electrons. The van der Waals surface area contributed by atoms with E-state index in [0.717, 1.165) is 34.9 Å². The SMILES string of the molecule is Cc1cc(/C=N\Nc2ccc(C(F)(F)F)cn2)c(C)n1-c1ccc(OCc2ccccc2F)cc1. The molecule has 4 rings (SSSR count). The summed E-state index contributed by atoms with van der Waals surface area (Å²) in [6.45, 7) is 4.03. The summed E-state index contributed by atoms with van der Waals surface area (Å²) in [6.07, 6.45) is -2.09. The molecule has 1 N–H and O–H groups in total. The van der Waals surface area contributed by atoms with Crippen LogP contribution in [-0.4, -0.2) is 15.8 Å². The van der Waals surface area contributed by atoms with E-state index in [0.29, 0.717) is 11.3 Å². The molecule has 4 aromatic rings. The molecule has 0 saturated carbocycles. The molecule has 0 spiro atoms. The van der Waals surface area contributed by atoms with E-state index in [-0.39, 0.29) is 18.2 Å². The first-order valence-electron chi connectivity index (χ1n) is 10.7. The molecule has 2 aromatic carbocycles. The van der Waals surface area contributed by atoms with Crippen LogP contribution >= 0.6 is 0 Å². The Morgan fingerprint density at radius 3 is 2.43 bits per heavy atom. The Balaban J connectivity index is 1.43. The van der Waals surface area contributed by atoms with Crippen molar-refractivity contribution in [3.63, 3.8) is 0 Å². The second kappa shape index (κ2) is 10.0. The zero-order chi connectivity index (χ0) is 25.0. The Hall–Kier alpha value is -4.14. The molecule has 0 fully saturated rings. The van der Waals surface area contributed by atoms with Crippen molar-refractivity contribution in [1.29, 1.82) is 0 Å². The minimum atomic E-state index is -4.43. The number of nitrogens with zero attached hydrogens (tertiary/aromatic N) is 3. The number of hydrazone groups is 1. The highest BCUT2D eigenvalue weighted by Gasteiger charge is 2.30. The molecule has 0 atom stereocenters. The number of benzene rings is 2. The fraction of sp³-hybridized carbons (Fsp3) is 0.154. The van der Waals surface area contributed by atoms with Crippen molar-refractivity contribution >= 4 is 12.0 Å². The minimum Gasteiger partial charge on any atom is -0.489 e. The van der Waals surface area contributed by atoms with E-state index in [1.54, 1.807) is 24.4 Å². The van der Waals surface area contributed by atoms with E-state index >= 15 is 0 Å².